The molecule has 31 heavy (non-hydrogen) atoms. The average molecular weight is 431 g/mol. The Bertz CT molecular complexity index is 1150. The van der Waals surface area contributed by atoms with Gasteiger partial charge in [0.05, 0.1) is 16.3 Å². The van der Waals surface area contributed by atoms with Gasteiger partial charge in [0.25, 0.3) is 0 Å². The lowest BCUT2D eigenvalue weighted by Gasteiger charge is -2.18. The van der Waals surface area contributed by atoms with Gasteiger partial charge in [-0.15, -0.1) is 11.3 Å². The number of nitrogens with zero attached hydrogens (tertiary/aromatic N) is 3. The van der Waals surface area contributed by atoms with Crippen molar-refractivity contribution < 1.29 is 0 Å². The highest BCUT2D eigenvalue weighted by molar-refractivity contribution is 7.17. The number of rotatable bonds is 7. The Morgan fingerprint density at radius 2 is 2.06 bits per heavy atom. The van der Waals surface area contributed by atoms with Crippen molar-refractivity contribution in [3.63, 3.8) is 0 Å². The Hall–Kier alpha value is -3.03. The molecule has 0 radical (unpaired) electrons. The first-order valence-corrected chi connectivity index (χ1v) is 11.7. The van der Waals surface area contributed by atoms with Crippen LogP contribution in [0.3, 0.4) is 0 Å². The fourth-order valence-corrected chi connectivity index (χ4v) is 4.78. The molecule has 0 aliphatic carbocycles. The van der Waals surface area contributed by atoms with Crippen LogP contribution in [-0.2, 0) is 0 Å². The molecule has 3 aromatic heterocycles. The molecular formula is C24H26N6S. The zero-order valence-corrected chi connectivity index (χ0v) is 18.3. The van der Waals surface area contributed by atoms with Crippen LogP contribution in [-0.4, -0.2) is 34.1 Å². The number of thiophene rings is 1. The first kappa shape index (κ1) is 19.9. The number of benzene rings is 1. The first-order chi connectivity index (χ1) is 15.3. The van der Waals surface area contributed by atoms with Crippen LogP contribution in [0.25, 0.3) is 21.6 Å². The Morgan fingerprint density at radius 1 is 1.16 bits per heavy atom. The molecule has 0 spiro atoms. The summed E-state index contributed by atoms with van der Waals surface area (Å²) in [4.78, 5) is 14.3. The summed E-state index contributed by atoms with van der Waals surface area (Å²) >= 11 is 1.68. The number of pyridine rings is 1. The summed E-state index contributed by atoms with van der Waals surface area (Å²) in [5.41, 5.74) is 3.19. The number of fused-ring (bicyclic) bond motifs is 1. The highest BCUT2D eigenvalue weighted by Crippen LogP contribution is 2.31. The molecule has 6 nitrogen and oxygen atoms in total. The van der Waals surface area contributed by atoms with E-state index in [1.807, 2.05) is 24.4 Å². The average Bonchev–Trinajstić information content (AvgIpc) is 3.50. The summed E-state index contributed by atoms with van der Waals surface area (Å²) in [5, 5.41) is 12.7. The van der Waals surface area contributed by atoms with E-state index < -0.39 is 0 Å². The zero-order chi connectivity index (χ0) is 21.0. The third-order valence-electron chi connectivity index (χ3n) is 5.66. The molecule has 4 aromatic rings. The number of hydrogen-bond acceptors (Lipinski definition) is 7. The van der Waals surface area contributed by atoms with Gasteiger partial charge < -0.3 is 16.0 Å². The van der Waals surface area contributed by atoms with Crippen molar-refractivity contribution in [3.05, 3.63) is 65.7 Å². The summed E-state index contributed by atoms with van der Waals surface area (Å²) in [6, 6.07) is 17.2. The van der Waals surface area contributed by atoms with Gasteiger partial charge in [-0.25, -0.2) is 15.0 Å². The van der Waals surface area contributed by atoms with Crippen molar-refractivity contribution in [1.82, 2.24) is 20.3 Å². The predicted octanol–water partition coefficient (Wildman–Crippen LogP) is 5.09. The topological polar surface area (TPSA) is 74.8 Å². The summed E-state index contributed by atoms with van der Waals surface area (Å²) in [5.74, 6) is 2.47. The molecule has 0 saturated carbocycles. The van der Waals surface area contributed by atoms with Crippen molar-refractivity contribution in [2.24, 2.45) is 0 Å². The molecule has 1 aromatic carbocycles. The maximum Gasteiger partial charge on any atom is 0.162 e. The van der Waals surface area contributed by atoms with Crippen LogP contribution in [0, 0.1) is 0 Å². The molecule has 4 heterocycles. The molecule has 158 valence electrons. The molecular weight excluding hydrogens is 404 g/mol. The minimum absolute atomic E-state index is 0.205. The maximum atomic E-state index is 4.91. The molecule has 3 N–H and O–H groups in total. The van der Waals surface area contributed by atoms with Crippen molar-refractivity contribution in [1.29, 1.82) is 0 Å². The smallest absolute Gasteiger partial charge is 0.162 e. The second-order valence-electron chi connectivity index (χ2n) is 7.81. The molecule has 1 aliphatic heterocycles. The number of nitrogens with one attached hydrogen (secondary N) is 3. The Morgan fingerprint density at radius 3 is 2.87 bits per heavy atom. The van der Waals surface area contributed by atoms with Crippen LogP contribution in [0.4, 0.5) is 11.6 Å². The lowest BCUT2D eigenvalue weighted by molar-refractivity contribution is 0.744. The van der Waals surface area contributed by atoms with Gasteiger partial charge in [0, 0.05) is 24.3 Å². The second-order valence-corrected chi connectivity index (χ2v) is 8.73. The summed E-state index contributed by atoms with van der Waals surface area (Å²) < 4.78 is 1.11. The minimum Gasteiger partial charge on any atom is -0.365 e. The van der Waals surface area contributed by atoms with E-state index in [2.05, 4.69) is 63.6 Å². The van der Waals surface area contributed by atoms with Crippen molar-refractivity contribution in [2.45, 2.75) is 31.8 Å². The van der Waals surface area contributed by atoms with Gasteiger partial charge in [-0.2, -0.15) is 0 Å². The summed E-state index contributed by atoms with van der Waals surface area (Å²) in [6.45, 7) is 4.19. The van der Waals surface area contributed by atoms with Crippen molar-refractivity contribution in [2.75, 3.05) is 23.7 Å². The van der Waals surface area contributed by atoms with E-state index >= 15 is 0 Å². The van der Waals surface area contributed by atoms with E-state index in [-0.39, 0.29) is 6.04 Å². The van der Waals surface area contributed by atoms with E-state index in [4.69, 9.17) is 9.97 Å². The van der Waals surface area contributed by atoms with E-state index in [0.29, 0.717) is 6.04 Å². The van der Waals surface area contributed by atoms with E-state index in [0.717, 1.165) is 59.2 Å². The third kappa shape index (κ3) is 4.38. The van der Waals surface area contributed by atoms with Gasteiger partial charge in [-0.3, -0.25) is 0 Å². The normalized spacial score (nSPS) is 17.0. The zero-order valence-electron chi connectivity index (χ0n) is 17.5. The van der Waals surface area contributed by atoms with Crippen LogP contribution >= 0.6 is 11.3 Å². The largest absolute Gasteiger partial charge is 0.365 e. The highest BCUT2D eigenvalue weighted by atomic mass is 32.1. The van der Waals surface area contributed by atoms with E-state index in [9.17, 15) is 0 Å². The highest BCUT2D eigenvalue weighted by Gasteiger charge is 2.18. The minimum atomic E-state index is 0.205. The Balaban J connectivity index is 1.45. The van der Waals surface area contributed by atoms with E-state index in [1.165, 1.54) is 5.56 Å². The van der Waals surface area contributed by atoms with Crippen LogP contribution in [0.5, 0.6) is 0 Å². The van der Waals surface area contributed by atoms with E-state index in [1.54, 1.807) is 11.3 Å². The third-order valence-corrected chi connectivity index (χ3v) is 6.57. The van der Waals surface area contributed by atoms with Crippen LogP contribution in [0.15, 0.2) is 60.1 Å². The number of aromatic nitrogens is 3. The lowest BCUT2D eigenvalue weighted by atomic mass is 10.0. The molecule has 7 heteroatoms. The van der Waals surface area contributed by atoms with Gasteiger partial charge in [0.1, 0.15) is 11.6 Å². The SMILES string of the molecule is CC[C@H](Nc1cc(-c2nc(NC3CCNC3)c3sccc3n2)ccn1)c1ccccc1. The van der Waals surface area contributed by atoms with Gasteiger partial charge in [-0.05, 0) is 48.5 Å². The number of anilines is 2. The van der Waals surface area contributed by atoms with Crippen LogP contribution in [0.1, 0.15) is 31.4 Å². The van der Waals surface area contributed by atoms with Crippen molar-refractivity contribution >= 4 is 33.2 Å². The molecule has 5 rings (SSSR count). The molecule has 2 atom stereocenters. The van der Waals surface area contributed by atoms with Crippen LogP contribution < -0.4 is 16.0 Å². The molecule has 0 amide bonds. The number of hydrogen-bond donors (Lipinski definition) is 3. The fourth-order valence-electron chi connectivity index (χ4n) is 4.00. The molecule has 1 fully saturated rings. The van der Waals surface area contributed by atoms with Gasteiger partial charge in [0.15, 0.2) is 5.82 Å². The van der Waals surface area contributed by atoms with Crippen LogP contribution in [0.2, 0.25) is 0 Å². The standard InChI is InChI=1S/C24H26N6S/c1-2-19(16-6-4-3-5-7-16)28-21-14-17(8-12-26-21)23-29-20-10-13-31-22(20)24(30-23)27-18-9-11-25-15-18/h3-8,10,12-14,18-19,25H,2,9,11,15H2,1H3,(H,26,28)(H,27,29,30)/t18?,19-/m0/s1. The quantitative estimate of drug-likeness (QED) is 0.379. The Labute approximate surface area is 186 Å². The molecule has 1 saturated heterocycles. The fraction of sp³-hybridized carbons (Fsp3) is 0.292. The first-order valence-electron chi connectivity index (χ1n) is 10.8. The maximum absolute atomic E-state index is 4.91. The van der Waals surface area contributed by atoms with Gasteiger partial charge in [-0.1, -0.05) is 37.3 Å². The lowest BCUT2D eigenvalue weighted by Crippen LogP contribution is -2.22. The Kier molecular flexibility index (Phi) is 5.78. The predicted molar refractivity (Wildman–Crippen MR) is 129 cm³/mol. The summed E-state index contributed by atoms with van der Waals surface area (Å²) in [7, 11) is 0. The molecule has 1 aliphatic rings. The summed E-state index contributed by atoms with van der Waals surface area (Å²) in [6.07, 6.45) is 3.90. The van der Waals surface area contributed by atoms with Crippen molar-refractivity contribution in [3.8, 4) is 11.4 Å². The second kappa shape index (κ2) is 8.99. The monoisotopic (exact) mass is 430 g/mol. The van der Waals surface area contributed by atoms with Gasteiger partial charge >= 0.3 is 0 Å². The molecule has 1 unspecified atom stereocenters. The van der Waals surface area contributed by atoms with Gasteiger partial charge in [0.2, 0.25) is 0 Å². The molecule has 0 bridgehead atoms.